The number of aromatic nitrogens is 3. The predicted octanol–water partition coefficient (Wildman–Crippen LogP) is 5.12. The molecule has 4 aromatic rings. The highest BCUT2D eigenvalue weighted by molar-refractivity contribution is 6.04. The molecule has 30 heavy (non-hydrogen) atoms. The monoisotopic (exact) mass is 439 g/mol. The van der Waals surface area contributed by atoms with E-state index in [0.29, 0.717) is 23.0 Å². The number of ether oxygens (including phenoxy) is 1. The zero-order chi connectivity index (χ0) is 19.5. The summed E-state index contributed by atoms with van der Waals surface area (Å²) in [6.07, 6.45) is 3.45. The topological polar surface area (TPSA) is 83.7 Å². The van der Waals surface area contributed by atoms with E-state index in [2.05, 4.69) is 21.4 Å². The Bertz CT molecular complexity index is 1210. The van der Waals surface area contributed by atoms with Gasteiger partial charge in [-0.25, -0.2) is 9.97 Å². The SMILES string of the molecule is CNc1nc(-c2cccnc2)nc2c(-c3cccc(C#N)c3)ccc(OC)c12.Cl.Cl. The summed E-state index contributed by atoms with van der Waals surface area (Å²) >= 11 is 0. The Balaban J connectivity index is 0.00000160. The van der Waals surface area contributed by atoms with Crippen molar-refractivity contribution >= 4 is 41.5 Å². The molecule has 0 aliphatic rings. The average molecular weight is 440 g/mol. The van der Waals surface area contributed by atoms with E-state index < -0.39 is 0 Å². The molecule has 0 amide bonds. The van der Waals surface area contributed by atoms with Crippen LogP contribution in [0.3, 0.4) is 0 Å². The average Bonchev–Trinajstić information content (AvgIpc) is 2.78. The molecule has 152 valence electrons. The number of rotatable bonds is 4. The number of hydrogen-bond donors (Lipinski definition) is 1. The summed E-state index contributed by atoms with van der Waals surface area (Å²) in [6, 6.07) is 17.3. The molecule has 2 aromatic heterocycles. The van der Waals surface area contributed by atoms with Gasteiger partial charge in [0, 0.05) is 30.6 Å². The van der Waals surface area contributed by atoms with Crippen molar-refractivity contribution in [2.45, 2.75) is 0 Å². The second-order valence-electron chi connectivity index (χ2n) is 6.12. The fraction of sp³-hybridized carbons (Fsp3) is 0.0909. The molecule has 2 heterocycles. The summed E-state index contributed by atoms with van der Waals surface area (Å²) in [6.45, 7) is 0. The molecule has 0 spiro atoms. The highest BCUT2D eigenvalue weighted by Gasteiger charge is 2.17. The van der Waals surface area contributed by atoms with Crippen LogP contribution in [0.5, 0.6) is 5.75 Å². The number of pyridine rings is 1. The number of anilines is 1. The number of nitrogens with zero attached hydrogens (tertiary/aromatic N) is 4. The molecular formula is C22H19Cl2N5O. The van der Waals surface area contributed by atoms with Gasteiger partial charge in [-0.3, -0.25) is 4.98 Å². The third-order valence-electron chi connectivity index (χ3n) is 4.49. The first-order chi connectivity index (χ1) is 13.7. The fourth-order valence-electron chi connectivity index (χ4n) is 3.17. The minimum absolute atomic E-state index is 0. The van der Waals surface area contributed by atoms with Gasteiger partial charge in [0.15, 0.2) is 5.82 Å². The second-order valence-corrected chi connectivity index (χ2v) is 6.12. The predicted molar refractivity (Wildman–Crippen MR) is 124 cm³/mol. The molecule has 0 fully saturated rings. The van der Waals surface area contributed by atoms with Gasteiger partial charge in [-0.2, -0.15) is 5.26 Å². The van der Waals surface area contributed by atoms with Crippen molar-refractivity contribution in [3.63, 3.8) is 0 Å². The van der Waals surface area contributed by atoms with Crippen molar-refractivity contribution in [3.8, 4) is 34.3 Å². The van der Waals surface area contributed by atoms with E-state index in [1.54, 1.807) is 25.6 Å². The minimum Gasteiger partial charge on any atom is -0.496 e. The third-order valence-corrected chi connectivity index (χ3v) is 4.49. The molecule has 1 N–H and O–H groups in total. The maximum Gasteiger partial charge on any atom is 0.163 e. The number of hydrogen-bond acceptors (Lipinski definition) is 6. The Morgan fingerprint density at radius 2 is 1.80 bits per heavy atom. The van der Waals surface area contributed by atoms with Gasteiger partial charge in [-0.05, 0) is 42.0 Å². The van der Waals surface area contributed by atoms with E-state index in [4.69, 9.17) is 9.72 Å². The van der Waals surface area contributed by atoms with Crippen LogP contribution in [0.2, 0.25) is 0 Å². The van der Waals surface area contributed by atoms with Crippen LogP contribution in [0, 0.1) is 11.3 Å². The summed E-state index contributed by atoms with van der Waals surface area (Å²) in [4.78, 5) is 13.7. The van der Waals surface area contributed by atoms with E-state index >= 15 is 0 Å². The van der Waals surface area contributed by atoms with Crippen molar-refractivity contribution in [1.82, 2.24) is 15.0 Å². The van der Waals surface area contributed by atoms with Crippen LogP contribution in [-0.4, -0.2) is 29.1 Å². The first kappa shape index (κ1) is 22.9. The Labute approximate surface area is 186 Å². The van der Waals surface area contributed by atoms with Gasteiger partial charge in [0.25, 0.3) is 0 Å². The number of fused-ring (bicyclic) bond motifs is 1. The van der Waals surface area contributed by atoms with Crippen molar-refractivity contribution in [2.24, 2.45) is 0 Å². The Morgan fingerprint density at radius 1 is 1.00 bits per heavy atom. The summed E-state index contributed by atoms with van der Waals surface area (Å²) in [5, 5.41) is 13.2. The lowest BCUT2D eigenvalue weighted by atomic mass is 9.99. The van der Waals surface area contributed by atoms with Crippen molar-refractivity contribution in [1.29, 1.82) is 5.26 Å². The van der Waals surface area contributed by atoms with E-state index in [-0.39, 0.29) is 24.8 Å². The van der Waals surface area contributed by atoms with Crippen LogP contribution in [0.15, 0.2) is 60.9 Å². The molecule has 0 unspecified atom stereocenters. The van der Waals surface area contributed by atoms with Gasteiger partial charge in [-0.15, -0.1) is 24.8 Å². The molecule has 0 aliphatic carbocycles. The Morgan fingerprint density at radius 3 is 2.47 bits per heavy atom. The van der Waals surface area contributed by atoms with Gasteiger partial charge in [-0.1, -0.05) is 12.1 Å². The highest BCUT2D eigenvalue weighted by Crippen LogP contribution is 2.38. The zero-order valence-corrected chi connectivity index (χ0v) is 17.9. The molecule has 0 radical (unpaired) electrons. The van der Waals surface area contributed by atoms with Gasteiger partial charge in [0.2, 0.25) is 0 Å². The van der Waals surface area contributed by atoms with Crippen LogP contribution in [0.25, 0.3) is 33.4 Å². The van der Waals surface area contributed by atoms with E-state index in [1.807, 2.05) is 49.5 Å². The van der Waals surface area contributed by atoms with E-state index in [0.717, 1.165) is 27.6 Å². The third kappa shape index (κ3) is 4.13. The van der Waals surface area contributed by atoms with Gasteiger partial charge in [0.05, 0.1) is 29.6 Å². The molecule has 6 nitrogen and oxygen atoms in total. The second kappa shape index (κ2) is 9.88. The van der Waals surface area contributed by atoms with Crippen LogP contribution in [0.1, 0.15) is 5.56 Å². The number of nitrogens with one attached hydrogen (secondary N) is 1. The van der Waals surface area contributed by atoms with Crippen molar-refractivity contribution in [2.75, 3.05) is 19.5 Å². The highest BCUT2D eigenvalue weighted by atomic mass is 35.5. The van der Waals surface area contributed by atoms with E-state index in [9.17, 15) is 5.26 Å². The van der Waals surface area contributed by atoms with Crippen LogP contribution < -0.4 is 10.1 Å². The molecule has 0 aliphatic heterocycles. The molecule has 2 aromatic carbocycles. The maximum absolute atomic E-state index is 9.27. The van der Waals surface area contributed by atoms with Crippen molar-refractivity contribution < 1.29 is 4.74 Å². The van der Waals surface area contributed by atoms with E-state index in [1.165, 1.54) is 0 Å². The maximum atomic E-state index is 9.27. The molecule has 4 rings (SSSR count). The summed E-state index contributed by atoms with van der Waals surface area (Å²) in [5.74, 6) is 1.91. The summed E-state index contributed by atoms with van der Waals surface area (Å²) in [5.41, 5.74) is 3.96. The molecular weight excluding hydrogens is 421 g/mol. The van der Waals surface area contributed by atoms with Crippen molar-refractivity contribution in [3.05, 3.63) is 66.5 Å². The lowest BCUT2D eigenvalue weighted by Gasteiger charge is -2.15. The molecule has 0 saturated heterocycles. The lowest BCUT2D eigenvalue weighted by Crippen LogP contribution is -2.01. The van der Waals surface area contributed by atoms with Gasteiger partial charge >= 0.3 is 0 Å². The normalized spacial score (nSPS) is 9.77. The molecule has 0 bridgehead atoms. The van der Waals surface area contributed by atoms with Crippen LogP contribution >= 0.6 is 24.8 Å². The summed E-state index contributed by atoms with van der Waals surface area (Å²) < 4.78 is 5.57. The number of methoxy groups -OCH3 is 1. The molecule has 0 atom stereocenters. The van der Waals surface area contributed by atoms with Gasteiger partial charge < -0.3 is 10.1 Å². The largest absolute Gasteiger partial charge is 0.496 e. The Kier molecular flexibility index (Phi) is 7.54. The number of benzene rings is 2. The smallest absolute Gasteiger partial charge is 0.163 e. The van der Waals surface area contributed by atoms with Crippen LogP contribution in [0.4, 0.5) is 5.82 Å². The molecule has 0 saturated carbocycles. The zero-order valence-electron chi connectivity index (χ0n) is 16.3. The lowest BCUT2D eigenvalue weighted by molar-refractivity contribution is 0.420. The molecule has 8 heteroatoms. The first-order valence-electron chi connectivity index (χ1n) is 8.72. The standard InChI is InChI=1S/C22H17N5O.2ClH/c1-24-22-19-18(28-2)9-8-17(15-6-3-5-14(11-15)12-23)20(19)26-21(27-22)16-7-4-10-25-13-16;;/h3-11,13H,1-2H3,(H,24,26,27);2*1H. The number of halogens is 2. The quantitative estimate of drug-likeness (QED) is 0.474. The first-order valence-corrected chi connectivity index (χ1v) is 8.72. The minimum atomic E-state index is 0. The number of nitriles is 1. The summed E-state index contributed by atoms with van der Waals surface area (Å²) in [7, 11) is 3.44. The fourth-order valence-corrected chi connectivity index (χ4v) is 3.17. The Hall–Kier alpha value is -3.40. The van der Waals surface area contributed by atoms with Crippen LogP contribution in [-0.2, 0) is 0 Å². The van der Waals surface area contributed by atoms with Gasteiger partial charge in [0.1, 0.15) is 11.6 Å².